The molecule has 0 bridgehead atoms. The van der Waals surface area contributed by atoms with Crippen LogP contribution in [0.25, 0.3) is 0 Å². The molecule has 1 saturated heterocycles. The number of nitrogens with one attached hydrogen (secondary N) is 1. The Balaban J connectivity index is 1.61. The van der Waals surface area contributed by atoms with Gasteiger partial charge in [0.05, 0.1) is 17.8 Å². The first-order chi connectivity index (χ1) is 15.7. The van der Waals surface area contributed by atoms with E-state index in [2.05, 4.69) is 5.32 Å². The number of primary sulfonamides is 1. The van der Waals surface area contributed by atoms with Crippen LogP contribution in [0.2, 0.25) is 0 Å². The number of carbonyl (C=O) groups is 3. The molecule has 1 unspecified atom stereocenters. The average Bonchev–Trinajstić information content (AvgIpc) is 2.81. The van der Waals surface area contributed by atoms with Gasteiger partial charge in [0, 0.05) is 22.7 Å². The molecule has 2 aromatic carbocycles. The van der Waals surface area contributed by atoms with Gasteiger partial charge in [-0.2, -0.15) is 0 Å². The van der Waals surface area contributed by atoms with E-state index in [0.29, 0.717) is 29.1 Å². The fourth-order valence-electron chi connectivity index (χ4n) is 3.52. The van der Waals surface area contributed by atoms with Crippen molar-refractivity contribution in [1.82, 2.24) is 4.90 Å². The third-order valence-corrected chi connectivity index (χ3v) is 7.09. The molecule has 3 rings (SSSR count). The molecule has 2 aromatic rings. The Morgan fingerprint density at radius 1 is 1.15 bits per heavy atom. The molecule has 1 atom stereocenters. The molecule has 0 spiro atoms. The number of hydrogen-bond acceptors (Lipinski definition) is 7. The number of carbonyl (C=O) groups excluding carboxylic acids is 3. The summed E-state index contributed by atoms with van der Waals surface area (Å²) in [4.78, 5) is 39.7. The Morgan fingerprint density at radius 2 is 1.88 bits per heavy atom. The second-order valence-corrected chi connectivity index (χ2v) is 10.1. The maximum absolute atomic E-state index is 13.0. The van der Waals surface area contributed by atoms with Crippen molar-refractivity contribution in [1.29, 1.82) is 0 Å². The number of ether oxygens (including phenoxy) is 1. The van der Waals surface area contributed by atoms with Crippen LogP contribution in [0.5, 0.6) is 0 Å². The molecule has 9 nitrogen and oxygen atoms in total. The Hall–Kier alpha value is -2.89. The van der Waals surface area contributed by atoms with Crippen LogP contribution in [-0.4, -0.2) is 56.6 Å². The second-order valence-electron chi connectivity index (χ2n) is 7.47. The molecule has 176 valence electrons. The van der Waals surface area contributed by atoms with Crippen molar-refractivity contribution in [2.24, 2.45) is 5.14 Å². The van der Waals surface area contributed by atoms with Crippen LogP contribution >= 0.6 is 11.8 Å². The molecule has 0 radical (unpaired) electrons. The summed E-state index contributed by atoms with van der Waals surface area (Å²) in [5.74, 6) is -0.915. The van der Waals surface area contributed by atoms with Crippen LogP contribution in [0.3, 0.4) is 0 Å². The van der Waals surface area contributed by atoms with Crippen LogP contribution in [0.15, 0.2) is 58.3 Å². The number of rotatable bonds is 7. The minimum absolute atomic E-state index is 0.000859. The van der Waals surface area contributed by atoms with E-state index in [4.69, 9.17) is 9.88 Å². The number of nitrogens with two attached hydrogens (primary N) is 1. The van der Waals surface area contributed by atoms with E-state index in [1.54, 1.807) is 36.4 Å². The highest BCUT2D eigenvalue weighted by molar-refractivity contribution is 8.00. The number of nitrogens with zero attached hydrogens (tertiary/aromatic N) is 1. The largest absolute Gasteiger partial charge is 0.467 e. The predicted molar refractivity (Wildman–Crippen MR) is 124 cm³/mol. The zero-order chi connectivity index (χ0) is 24.0. The average molecular weight is 492 g/mol. The lowest BCUT2D eigenvalue weighted by Gasteiger charge is -2.33. The quantitative estimate of drug-likeness (QED) is 0.448. The SMILES string of the molecule is COC(=O)C1CCCCN1C(=O)c1cccc(NC(=O)CSc2ccc(S(N)(=O)=O)cc2)c1. The minimum Gasteiger partial charge on any atom is -0.467 e. The summed E-state index contributed by atoms with van der Waals surface area (Å²) >= 11 is 1.23. The number of amides is 2. The van der Waals surface area contributed by atoms with Crippen molar-refractivity contribution in [3.8, 4) is 0 Å². The van der Waals surface area contributed by atoms with Gasteiger partial charge in [-0.05, 0) is 61.7 Å². The molecule has 1 heterocycles. The molecule has 0 saturated carbocycles. The van der Waals surface area contributed by atoms with Crippen molar-refractivity contribution in [3.63, 3.8) is 0 Å². The lowest BCUT2D eigenvalue weighted by molar-refractivity contribution is -0.147. The lowest BCUT2D eigenvalue weighted by atomic mass is 10.0. The van der Waals surface area contributed by atoms with Crippen molar-refractivity contribution >= 4 is 45.3 Å². The molecule has 0 aromatic heterocycles. The number of likely N-dealkylation sites (tertiary alicyclic amines) is 1. The van der Waals surface area contributed by atoms with Crippen molar-refractivity contribution in [3.05, 3.63) is 54.1 Å². The molecule has 11 heteroatoms. The number of hydrogen-bond donors (Lipinski definition) is 2. The van der Waals surface area contributed by atoms with Crippen LogP contribution in [0.4, 0.5) is 5.69 Å². The van der Waals surface area contributed by atoms with Gasteiger partial charge in [-0.3, -0.25) is 9.59 Å². The lowest BCUT2D eigenvalue weighted by Crippen LogP contribution is -2.48. The zero-order valence-corrected chi connectivity index (χ0v) is 19.7. The fourth-order valence-corrected chi connectivity index (χ4v) is 4.74. The number of anilines is 1. The number of thioether (sulfide) groups is 1. The van der Waals surface area contributed by atoms with E-state index >= 15 is 0 Å². The summed E-state index contributed by atoms with van der Waals surface area (Å²) in [6.45, 7) is 0.468. The first kappa shape index (κ1) is 24.7. The highest BCUT2D eigenvalue weighted by Gasteiger charge is 2.33. The van der Waals surface area contributed by atoms with E-state index in [1.807, 2.05) is 0 Å². The summed E-state index contributed by atoms with van der Waals surface area (Å²) in [5, 5.41) is 7.83. The monoisotopic (exact) mass is 491 g/mol. The van der Waals surface area contributed by atoms with Gasteiger partial charge in [0.1, 0.15) is 6.04 Å². The predicted octanol–water partition coefficient (Wildman–Crippen LogP) is 2.23. The molecule has 33 heavy (non-hydrogen) atoms. The minimum atomic E-state index is -3.77. The van der Waals surface area contributed by atoms with Gasteiger partial charge in [0.25, 0.3) is 5.91 Å². The first-order valence-electron chi connectivity index (χ1n) is 10.2. The maximum atomic E-state index is 13.0. The van der Waals surface area contributed by atoms with E-state index in [1.165, 1.54) is 35.9 Å². The normalized spacial score (nSPS) is 16.2. The van der Waals surface area contributed by atoms with Gasteiger partial charge >= 0.3 is 5.97 Å². The third kappa shape index (κ3) is 6.56. The molecule has 1 fully saturated rings. The molecular weight excluding hydrogens is 466 g/mol. The highest BCUT2D eigenvalue weighted by atomic mass is 32.2. The second kappa shape index (κ2) is 10.8. The van der Waals surface area contributed by atoms with Gasteiger partial charge in [0.2, 0.25) is 15.9 Å². The first-order valence-corrected chi connectivity index (χ1v) is 12.8. The molecular formula is C22H25N3O6S2. The molecule has 1 aliphatic rings. The van der Waals surface area contributed by atoms with Crippen LogP contribution in [-0.2, 0) is 24.3 Å². The molecule has 2 amide bonds. The van der Waals surface area contributed by atoms with E-state index in [9.17, 15) is 22.8 Å². The summed E-state index contributed by atoms with van der Waals surface area (Å²) < 4.78 is 27.5. The summed E-state index contributed by atoms with van der Waals surface area (Å²) in [7, 11) is -2.46. The summed E-state index contributed by atoms with van der Waals surface area (Å²) in [6, 6.07) is 11.9. The number of methoxy groups -OCH3 is 1. The highest BCUT2D eigenvalue weighted by Crippen LogP contribution is 2.23. The van der Waals surface area contributed by atoms with Crippen molar-refractivity contribution < 1.29 is 27.5 Å². The molecule has 3 N–H and O–H groups in total. The number of piperidine rings is 1. The molecule has 1 aliphatic heterocycles. The maximum Gasteiger partial charge on any atom is 0.328 e. The number of esters is 1. The smallest absolute Gasteiger partial charge is 0.328 e. The Kier molecular flexibility index (Phi) is 8.11. The number of benzene rings is 2. The van der Waals surface area contributed by atoms with E-state index < -0.39 is 22.0 Å². The Bertz CT molecular complexity index is 1140. The standard InChI is InChI=1S/C22H25N3O6S2/c1-31-22(28)19-7-2-3-12-25(19)21(27)15-5-4-6-16(13-15)24-20(26)14-32-17-8-10-18(11-9-17)33(23,29)30/h4-6,8-11,13,19H,2-3,7,12,14H2,1H3,(H,24,26)(H2,23,29,30). The topological polar surface area (TPSA) is 136 Å². The van der Waals surface area contributed by atoms with Crippen LogP contribution in [0.1, 0.15) is 29.6 Å². The fraction of sp³-hybridized carbons (Fsp3) is 0.318. The molecule has 0 aliphatic carbocycles. The van der Waals surface area contributed by atoms with E-state index in [-0.39, 0.29) is 22.5 Å². The van der Waals surface area contributed by atoms with Gasteiger partial charge in [0.15, 0.2) is 0 Å². The Labute approximate surface area is 196 Å². The Morgan fingerprint density at radius 3 is 2.55 bits per heavy atom. The van der Waals surface area contributed by atoms with Gasteiger partial charge < -0.3 is 15.0 Å². The van der Waals surface area contributed by atoms with E-state index in [0.717, 1.165) is 12.8 Å². The van der Waals surface area contributed by atoms with Crippen molar-refractivity contribution in [2.75, 3.05) is 24.7 Å². The van der Waals surface area contributed by atoms with Crippen molar-refractivity contribution in [2.45, 2.75) is 35.1 Å². The van der Waals surface area contributed by atoms with Crippen LogP contribution in [0, 0.1) is 0 Å². The third-order valence-electron chi connectivity index (χ3n) is 5.15. The number of sulfonamides is 1. The van der Waals surface area contributed by atoms with Gasteiger partial charge in [-0.1, -0.05) is 6.07 Å². The zero-order valence-electron chi connectivity index (χ0n) is 18.0. The summed E-state index contributed by atoms with van der Waals surface area (Å²) in [5.41, 5.74) is 0.831. The van der Waals surface area contributed by atoms with Gasteiger partial charge in [-0.25, -0.2) is 18.4 Å². The van der Waals surface area contributed by atoms with Gasteiger partial charge in [-0.15, -0.1) is 11.8 Å². The summed E-state index contributed by atoms with van der Waals surface area (Å²) in [6.07, 6.45) is 2.22. The van der Waals surface area contributed by atoms with Crippen LogP contribution < -0.4 is 10.5 Å².